The number of aliphatic hydroxyl groups is 1. The van der Waals surface area contributed by atoms with Crippen LogP contribution in [0.15, 0.2) is 36.4 Å². The van der Waals surface area contributed by atoms with Crippen LogP contribution in [0.2, 0.25) is 0 Å². The number of aryl methyl sites for hydroxylation is 2. The molecule has 150 valence electrons. The van der Waals surface area contributed by atoms with Crippen molar-refractivity contribution >= 4 is 5.69 Å². The van der Waals surface area contributed by atoms with Gasteiger partial charge in [0.1, 0.15) is 0 Å². The Hall–Kier alpha value is -1.88. The van der Waals surface area contributed by atoms with Gasteiger partial charge in [-0.05, 0) is 59.6 Å². The second-order valence-electron chi connectivity index (χ2n) is 8.00. The minimum atomic E-state index is -0.383. The first-order valence-corrected chi connectivity index (χ1v) is 10.5. The van der Waals surface area contributed by atoms with E-state index in [1.54, 1.807) is 7.11 Å². The van der Waals surface area contributed by atoms with E-state index in [1.165, 1.54) is 34.4 Å². The van der Waals surface area contributed by atoms with Gasteiger partial charge in [-0.15, -0.1) is 0 Å². The molecule has 2 N–H and O–H groups in total. The Kier molecular flexibility index (Phi) is 6.00. The largest absolute Gasteiger partial charge is 0.393 e. The summed E-state index contributed by atoms with van der Waals surface area (Å²) in [6.45, 7) is 3.28. The Bertz CT molecular complexity index is 819. The number of anilines is 1. The molecule has 0 bridgehead atoms. The molecular weight excluding hydrogens is 350 g/mol. The first-order chi connectivity index (χ1) is 13.7. The Labute approximate surface area is 167 Å². The molecule has 2 aliphatic heterocycles. The summed E-state index contributed by atoms with van der Waals surface area (Å²) in [6, 6.07) is 13.5. The summed E-state index contributed by atoms with van der Waals surface area (Å²) in [6.07, 6.45) is 4.61. The molecule has 4 nitrogen and oxygen atoms in total. The third-order valence-corrected chi connectivity index (χ3v) is 6.02. The standard InChI is InChI=1S/C24H31NO3/c1-3-17-7-8-19(23-14-21(26)15-24(27-2)28-23)13-20(17)12-16-6-9-22-18(11-16)5-4-10-25-22/h6-9,11,13,21,23-26H,3-5,10,12,14-15H2,1-2H3. The van der Waals surface area contributed by atoms with Crippen molar-refractivity contribution in [1.29, 1.82) is 0 Å². The highest BCUT2D eigenvalue weighted by molar-refractivity contribution is 5.55. The molecule has 0 aromatic heterocycles. The molecule has 0 radical (unpaired) electrons. The molecule has 0 amide bonds. The number of benzene rings is 2. The smallest absolute Gasteiger partial charge is 0.160 e. The maximum absolute atomic E-state index is 10.2. The molecule has 4 heteroatoms. The highest BCUT2D eigenvalue weighted by Gasteiger charge is 2.29. The number of rotatable bonds is 5. The Balaban J connectivity index is 1.59. The molecule has 2 heterocycles. The van der Waals surface area contributed by atoms with E-state index < -0.39 is 0 Å². The van der Waals surface area contributed by atoms with Crippen LogP contribution in [0.25, 0.3) is 0 Å². The van der Waals surface area contributed by atoms with Crippen molar-refractivity contribution in [1.82, 2.24) is 0 Å². The molecule has 1 saturated heterocycles. The monoisotopic (exact) mass is 381 g/mol. The molecule has 3 unspecified atom stereocenters. The average Bonchev–Trinajstić information content (AvgIpc) is 2.73. The lowest BCUT2D eigenvalue weighted by Crippen LogP contribution is -2.32. The Morgan fingerprint density at radius 3 is 2.86 bits per heavy atom. The number of aliphatic hydroxyl groups excluding tert-OH is 1. The first kappa shape index (κ1) is 19.4. The summed E-state index contributed by atoms with van der Waals surface area (Å²) in [7, 11) is 1.64. The molecule has 3 atom stereocenters. The van der Waals surface area contributed by atoms with E-state index in [4.69, 9.17) is 9.47 Å². The molecule has 2 aromatic rings. The maximum atomic E-state index is 10.2. The van der Waals surface area contributed by atoms with Crippen LogP contribution in [0.4, 0.5) is 5.69 Å². The van der Waals surface area contributed by atoms with Gasteiger partial charge < -0.3 is 19.9 Å². The molecule has 2 aromatic carbocycles. The zero-order chi connectivity index (χ0) is 19.5. The second-order valence-corrected chi connectivity index (χ2v) is 8.00. The number of ether oxygens (including phenoxy) is 2. The SMILES string of the molecule is CCc1ccc(C2CC(O)CC(OC)O2)cc1Cc1ccc2c(c1)CCCN2. The van der Waals surface area contributed by atoms with Crippen molar-refractivity contribution in [3.8, 4) is 0 Å². The summed E-state index contributed by atoms with van der Waals surface area (Å²) in [5.41, 5.74) is 7.93. The van der Waals surface area contributed by atoms with Crippen LogP contribution < -0.4 is 5.32 Å². The number of hydrogen-bond acceptors (Lipinski definition) is 4. The summed E-state index contributed by atoms with van der Waals surface area (Å²) in [5.74, 6) is 0. The fourth-order valence-electron chi connectivity index (χ4n) is 4.44. The van der Waals surface area contributed by atoms with Gasteiger partial charge >= 0.3 is 0 Å². The first-order valence-electron chi connectivity index (χ1n) is 10.5. The zero-order valence-electron chi connectivity index (χ0n) is 16.9. The third-order valence-electron chi connectivity index (χ3n) is 6.02. The number of hydrogen-bond donors (Lipinski definition) is 2. The van der Waals surface area contributed by atoms with Crippen molar-refractivity contribution in [3.63, 3.8) is 0 Å². The van der Waals surface area contributed by atoms with E-state index in [9.17, 15) is 5.11 Å². The van der Waals surface area contributed by atoms with Crippen LogP contribution in [-0.4, -0.2) is 31.2 Å². The molecule has 2 aliphatic rings. The van der Waals surface area contributed by atoms with E-state index in [2.05, 4.69) is 48.6 Å². The van der Waals surface area contributed by atoms with Crippen LogP contribution in [0, 0.1) is 0 Å². The minimum absolute atomic E-state index is 0.119. The van der Waals surface area contributed by atoms with Crippen molar-refractivity contribution in [2.45, 2.75) is 63.9 Å². The van der Waals surface area contributed by atoms with E-state index in [-0.39, 0.29) is 18.5 Å². The van der Waals surface area contributed by atoms with Gasteiger partial charge in [-0.1, -0.05) is 37.3 Å². The lowest BCUT2D eigenvalue weighted by atomic mass is 9.91. The van der Waals surface area contributed by atoms with Crippen molar-refractivity contribution < 1.29 is 14.6 Å². The molecule has 28 heavy (non-hydrogen) atoms. The Morgan fingerprint density at radius 2 is 2.04 bits per heavy atom. The van der Waals surface area contributed by atoms with Gasteiger partial charge in [0.25, 0.3) is 0 Å². The van der Waals surface area contributed by atoms with Crippen molar-refractivity contribution in [2.24, 2.45) is 0 Å². The van der Waals surface area contributed by atoms with Gasteiger partial charge in [-0.25, -0.2) is 0 Å². The van der Waals surface area contributed by atoms with Gasteiger partial charge in [0.15, 0.2) is 6.29 Å². The van der Waals surface area contributed by atoms with Gasteiger partial charge in [0.2, 0.25) is 0 Å². The summed E-state index contributed by atoms with van der Waals surface area (Å²) >= 11 is 0. The van der Waals surface area contributed by atoms with Crippen LogP contribution in [0.3, 0.4) is 0 Å². The van der Waals surface area contributed by atoms with Gasteiger partial charge in [0.05, 0.1) is 12.2 Å². The molecule has 0 spiro atoms. The summed E-state index contributed by atoms with van der Waals surface area (Å²) < 4.78 is 11.4. The van der Waals surface area contributed by atoms with E-state index >= 15 is 0 Å². The van der Waals surface area contributed by atoms with Gasteiger partial charge in [0, 0.05) is 32.2 Å². The zero-order valence-corrected chi connectivity index (χ0v) is 16.9. The topological polar surface area (TPSA) is 50.7 Å². The summed E-state index contributed by atoms with van der Waals surface area (Å²) in [4.78, 5) is 0. The summed E-state index contributed by atoms with van der Waals surface area (Å²) in [5, 5.41) is 13.7. The molecule has 0 aliphatic carbocycles. The van der Waals surface area contributed by atoms with E-state index in [1.807, 2.05) is 0 Å². The number of fused-ring (bicyclic) bond motifs is 1. The predicted molar refractivity (Wildman–Crippen MR) is 112 cm³/mol. The fraction of sp³-hybridized carbons (Fsp3) is 0.500. The highest BCUT2D eigenvalue weighted by atomic mass is 16.7. The van der Waals surface area contributed by atoms with Crippen LogP contribution in [-0.2, 0) is 28.7 Å². The van der Waals surface area contributed by atoms with Crippen molar-refractivity contribution in [2.75, 3.05) is 19.0 Å². The molecular formula is C24H31NO3. The Morgan fingerprint density at radius 1 is 1.14 bits per heavy atom. The number of nitrogens with one attached hydrogen (secondary N) is 1. The predicted octanol–water partition coefficient (Wildman–Crippen LogP) is 4.38. The fourth-order valence-corrected chi connectivity index (χ4v) is 4.44. The molecule has 0 saturated carbocycles. The highest BCUT2D eigenvalue weighted by Crippen LogP contribution is 2.33. The normalized spacial score (nSPS) is 24.5. The minimum Gasteiger partial charge on any atom is -0.393 e. The quantitative estimate of drug-likeness (QED) is 0.807. The van der Waals surface area contributed by atoms with E-state index in [0.29, 0.717) is 12.8 Å². The maximum Gasteiger partial charge on any atom is 0.160 e. The average molecular weight is 382 g/mol. The van der Waals surface area contributed by atoms with Crippen LogP contribution >= 0.6 is 0 Å². The number of methoxy groups -OCH3 is 1. The van der Waals surface area contributed by atoms with Gasteiger partial charge in [-0.2, -0.15) is 0 Å². The molecule has 4 rings (SSSR count). The van der Waals surface area contributed by atoms with Crippen LogP contribution in [0.5, 0.6) is 0 Å². The lowest BCUT2D eigenvalue weighted by Gasteiger charge is -2.32. The lowest BCUT2D eigenvalue weighted by molar-refractivity contribution is -0.205. The van der Waals surface area contributed by atoms with Gasteiger partial charge in [-0.3, -0.25) is 0 Å². The van der Waals surface area contributed by atoms with E-state index in [0.717, 1.165) is 31.4 Å². The van der Waals surface area contributed by atoms with Crippen molar-refractivity contribution in [3.05, 3.63) is 64.2 Å². The second kappa shape index (κ2) is 8.64. The van der Waals surface area contributed by atoms with Crippen LogP contribution in [0.1, 0.15) is 60.1 Å². The third kappa shape index (κ3) is 4.24. The molecule has 1 fully saturated rings.